The molecule has 1 aromatic rings. The number of rotatable bonds is 7. The largest absolute Gasteiger partial charge is 0.317 e. The fourth-order valence-electron chi connectivity index (χ4n) is 2.99. The lowest BCUT2D eigenvalue weighted by molar-refractivity contribution is -0.384. The first-order chi connectivity index (χ1) is 10.2. The Labute approximate surface area is 138 Å². The van der Waals surface area contributed by atoms with E-state index in [0.29, 0.717) is 6.04 Å². The van der Waals surface area contributed by atoms with E-state index in [0.717, 1.165) is 32.6 Å². The average molecular weight is 328 g/mol. The summed E-state index contributed by atoms with van der Waals surface area (Å²) in [7, 11) is 0. The normalized spacial score (nSPS) is 15.5. The molecule has 0 aliphatic carbocycles. The molecule has 0 aromatic heterocycles. The Bertz CT molecular complexity index is 447. The Morgan fingerprint density at radius 3 is 2.41 bits per heavy atom. The molecule has 1 aliphatic rings. The van der Waals surface area contributed by atoms with Crippen LogP contribution < -0.4 is 5.32 Å². The number of nitrogens with zero attached hydrogens (tertiary/aromatic N) is 2. The van der Waals surface area contributed by atoms with Crippen molar-refractivity contribution in [3.63, 3.8) is 0 Å². The van der Waals surface area contributed by atoms with Crippen LogP contribution in [0, 0.1) is 10.1 Å². The number of nitro groups is 1. The predicted octanol–water partition coefficient (Wildman–Crippen LogP) is 3.02. The van der Waals surface area contributed by atoms with Crippen molar-refractivity contribution in [3.8, 4) is 0 Å². The lowest BCUT2D eigenvalue weighted by atomic mass is 10.0. The number of nitrogens with one attached hydrogen (secondary N) is 1. The fraction of sp³-hybridized carbons (Fsp3) is 0.625. The van der Waals surface area contributed by atoms with Gasteiger partial charge in [0, 0.05) is 24.7 Å². The average Bonchev–Trinajstić information content (AvgIpc) is 2.52. The minimum Gasteiger partial charge on any atom is -0.317 e. The van der Waals surface area contributed by atoms with Gasteiger partial charge in [0.15, 0.2) is 0 Å². The molecule has 0 spiro atoms. The van der Waals surface area contributed by atoms with Gasteiger partial charge in [0.1, 0.15) is 0 Å². The smallest absolute Gasteiger partial charge is 0.269 e. The molecule has 5 nitrogen and oxygen atoms in total. The van der Waals surface area contributed by atoms with E-state index < -0.39 is 0 Å². The van der Waals surface area contributed by atoms with Gasteiger partial charge in [-0.1, -0.05) is 19.1 Å². The van der Waals surface area contributed by atoms with E-state index in [2.05, 4.69) is 17.1 Å². The Kier molecular flexibility index (Phi) is 8.38. The van der Waals surface area contributed by atoms with Crippen molar-refractivity contribution in [1.82, 2.24) is 10.2 Å². The van der Waals surface area contributed by atoms with Crippen LogP contribution in [-0.4, -0.2) is 42.0 Å². The minimum absolute atomic E-state index is 0. The van der Waals surface area contributed by atoms with Gasteiger partial charge in [-0.05, 0) is 50.9 Å². The molecular weight excluding hydrogens is 302 g/mol. The van der Waals surface area contributed by atoms with Gasteiger partial charge in [0.2, 0.25) is 0 Å². The third kappa shape index (κ3) is 5.55. The third-order valence-electron chi connectivity index (χ3n) is 4.17. The number of hydrogen-bond donors (Lipinski definition) is 1. The van der Waals surface area contributed by atoms with Crippen molar-refractivity contribution in [1.29, 1.82) is 0 Å². The van der Waals surface area contributed by atoms with Gasteiger partial charge in [0.05, 0.1) is 4.92 Å². The number of halogens is 1. The van der Waals surface area contributed by atoms with Crippen LogP contribution in [0.2, 0.25) is 0 Å². The van der Waals surface area contributed by atoms with E-state index >= 15 is 0 Å². The highest BCUT2D eigenvalue weighted by Gasteiger charge is 2.19. The van der Waals surface area contributed by atoms with Gasteiger partial charge < -0.3 is 5.32 Å². The first kappa shape index (κ1) is 18.9. The highest BCUT2D eigenvalue weighted by atomic mass is 35.5. The zero-order valence-corrected chi connectivity index (χ0v) is 14.0. The molecule has 0 radical (unpaired) electrons. The number of nitro benzene ring substituents is 1. The monoisotopic (exact) mass is 327 g/mol. The molecule has 2 rings (SSSR count). The Hall–Kier alpha value is -1.17. The molecule has 1 aromatic carbocycles. The Balaban J connectivity index is 0.00000242. The maximum Gasteiger partial charge on any atom is 0.269 e. The highest BCUT2D eigenvalue weighted by molar-refractivity contribution is 5.85. The number of piperidine rings is 1. The van der Waals surface area contributed by atoms with Crippen molar-refractivity contribution < 1.29 is 4.92 Å². The summed E-state index contributed by atoms with van der Waals surface area (Å²) in [5.41, 5.74) is 1.35. The third-order valence-corrected chi connectivity index (χ3v) is 4.17. The SMILES string of the molecule is CCCN(CCc1ccc([N+](=O)[O-])cc1)C1CCNCC1.Cl. The summed E-state index contributed by atoms with van der Waals surface area (Å²) >= 11 is 0. The molecule has 1 saturated heterocycles. The number of benzene rings is 1. The summed E-state index contributed by atoms with van der Waals surface area (Å²) in [6, 6.07) is 7.65. The molecule has 22 heavy (non-hydrogen) atoms. The molecule has 124 valence electrons. The van der Waals surface area contributed by atoms with Crippen molar-refractivity contribution in [2.45, 2.75) is 38.6 Å². The first-order valence-corrected chi connectivity index (χ1v) is 7.89. The van der Waals surface area contributed by atoms with Gasteiger partial charge in [-0.15, -0.1) is 12.4 Å². The molecule has 0 saturated carbocycles. The Morgan fingerprint density at radius 1 is 1.23 bits per heavy atom. The zero-order chi connectivity index (χ0) is 15.1. The van der Waals surface area contributed by atoms with E-state index in [1.165, 1.54) is 24.8 Å². The van der Waals surface area contributed by atoms with Crippen molar-refractivity contribution in [2.75, 3.05) is 26.2 Å². The maximum absolute atomic E-state index is 10.7. The lowest BCUT2D eigenvalue weighted by Gasteiger charge is -2.34. The Morgan fingerprint density at radius 2 is 1.86 bits per heavy atom. The minimum atomic E-state index is -0.345. The first-order valence-electron chi connectivity index (χ1n) is 7.89. The summed E-state index contributed by atoms with van der Waals surface area (Å²) in [5, 5.41) is 14.1. The van der Waals surface area contributed by atoms with Crippen molar-refractivity contribution in [2.24, 2.45) is 0 Å². The second-order valence-electron chi connectivity index (χ2n) is 5.69. The molecule has 0 amide bonds. The quantitative estimate of drug-likeness (QED) is 0.618. The molecule has 1 heterocycles. The van der Waals surface area contributed by atoms with Gasteiger partial charge in [-0.3, -0.25) is 15.0 Å². The van der Waals surface area contributed by atoms with E-state index in [9.17, 15) is 10.1 Å². The number of hydrogen-bond acceptors (Lipinski definition) is 4. The van der Waals surface area contributed by atoms with Crippen molar-refractivity contribution >= 4 is 18.1 Å². The number of non-ortho nitro benzene ring substituents is 1. The highest BCUT2D eigenvalue weighted by Crippen LogP contribution is 2.16. The van der Waals surface area contributed by atoms with E-state index in [1.54, 1.807) is 12.1 Å². The summed E-state index contributed by atoms with van der Waals surface area (Å²) < 4.78 is 0. The lowest BCUT2D eigenvalue weighted by Crippen LogP contribution is -2.44. The van der Waals surface area contributed by atoms with Crippen LogP contribution in [-0.2, 0) is 6.42 Å². The fourth-order valence-corrected chi connectivity index (χ4v) is 2.99. The molecule has 0 unspecified atom stereocenters. The summed E-state index contributed by atoms with van der Waals surface area (Å²) in [6.07, 6.45) is 4.58. The van der Waals surface area contributed by atoms with Gasteiger partial charge in [-0.25, -0.2) is 0 Å². The van der Waals surface area contributed by atoms with Crippen LogP contribution in [0.5, 0.6) is 0 Å². The molecule has 0 bridgehead atoms. The predicted molar refractivity (Wildman–Crippen MR) is 91.8 cm³/mol. The van der Waals surface area contributed by atoms with E-state index in [-0.39, 0.29) is 23.0 Å². The van der Waals surface area contributed by atoms with Gasteiger partial charge in [0.25, 0.3) is 5.69 Å². The molecule has 1 fully saturated rings. The van der Waals surface area contributed by atoms with Crippen LogP contribution in [0.3, 0.4) is 0 Å². The summed E-state index contributed by atoms with van der Waals surface area (Å²) in [4.78, 5) is 12.9. The molecule has 0 atom stereocenters. The van der Waals surface area contributed by atoms with Crippen LogP contribution in [0.1, 0.15) is 31.7 Å². The van der Waals surface area contributed by atoms with Crippen LogP contribution in [0.4, 0.5) is 5.69 Å². The summed E-state index contributed by atoms with van der Waals surface area (Å²) in [6.45, 7) is 6.62. The van der Waals surface area contributed by atoms with Crippen LogP contribution >= 0.6 is 12.4 Å². The van der Waals surface area contributed by atoms with Crippen LogP contribution in [0.25, 0.3) is 0 Å². The van der Waals surface area contributed by atoms with E-state index in [1.807, 2.05) is 12.1 Å². The van der Waals surface area contributed by atoms with Crippen molar-refractivity contribution in [3.05, 3.63) is 39.9 Å². The van der Waals surface area contributed by atoms with Gasteiger partial charge in [-0.2, -0.15) is 0 Å². The second kappa shape index (κ2) is 9.77. The molecule has 1 aliphatic heterocycles. The molecule has 1 N–H and O–H groups in total. The maximum atomic E-state index is 10.7. The standard InChI is InChI=1S/C16H25N3O2.ClH/c1-2-12-18(15-7-10-17-11-8-15)13-9-14-3-5-16(6-4-14)19(20)21;/h3-6,15,17H,2,7-13H2,1H3;1H. The topological polar surface area (TPSA) is 58.4 Å². The summed E-state index contributed by atoms with van der Waals surface area (Å²) in [5.74, 6) is 0. The van der Waals surface area contributed by atoms with Crippen LogP contribution in [0.15, 0.2) is 24.3 Å². The zero-order valence-electron chi connectivity index (χ0n) is 13.2. The molecular formula is C16H26ClN3O2. The van der Waals surface area contributed by atoms with Gasteiger partial charge >= 0.3 is 0 Å². The van der Waals surface area contributed by atoms with E-state index in [4.69, 9.17) is 0 Å². The second-order valence-corrected chi connectivity index (χ2v) is 5.69. The molecule has 6 heteroatoms.